The zero-order valence-corrected chi connectivity index (χ0v) is 11.6. The first-order valence-corrected chi connectivity index (χ1v) is 6.48. The minimum absolute atomic E-state index is 0.118. The molecule has 1 aliphatic rings. The van der Waals surface area contributed by atoms with Gasteiger partial charge in [-0.05, 0) is 18.6 Å². The van der Waals surface area contributed by atoms with Crippen LogP contribution in [0.3, 0.4) is 0 Å². The van der Waals surface area contributed by atoms with Gasteiger partial charge in [0.05, 0.1) is 18.2 Å². The van der Waals surface area contributed by atoms with Gasteiger partial charge in [0.1, 0.15) is 6.04 Å². The van der Waals surface area contributed by atoms with Gasteiger partial charge in [0.25, 0.3) is 0 Å². The van der Waals surface area contributed by atoms with Crippen LogP contribution in [-0.2, 0) is 20.7 Å². The minimum atomic E-state index is -0.990. The second-order valence-electron chi connectivity index (χ2n) is 4.94. The average molecular weight is 278 g/mol. The van der Waals surface area contributed by atoms with Crippen LogP contribution in [0, 0.1) is 6.92 Å². The number of amides is 1. The number of rotatable bonds is 4. The Bertz CT molecular complexity index is 518. The van der Waals surface area contributed by atoms with E-state index in [2.05, 4.69) is 4.98 Å². The molecule has 0 spiro atoms. The van der Waals surface area contributed by atoms with Crippen molar-refractivity contribution >= 4 is 11.9 Å². The Kier molecular flexibility index (Phi) is 4.34. The van der Waals surface area contributed by atoms with E-state index in [4.69, 9.17) is 4.74 Å². The fourth-order valence-electron chi connectivity index (χ4n) is 2.43. The Morgan fingerprint density at radius 1 is 1.55 bits per heavy atom. The molecule has 1 N–H and O–H groups in total. The van der Waals surface area contributed by atoms with Crippen LogP contribution in [-0.4, -0.2) is 52.7 Å². The lowest BCUT2D eigenvalue weighted by atomic mass is 10.1. The molecule has 20 heavy (non-hydrogen) atoms. The molecule has 2 rings (SSSR count). The summed E-state index contributed by atoms with van der Waals surface area (Å²) in [5.74, 6) is -1.21. The number of carbonyl (C=O) groups excluding carboxylic acids is 1. The van der Waals surface area contributed by atoms with E-state index >= 15 is 0 Å². The molecule has 1 saturated heterocycles. The Hall–Kier alpha value is -1.95. The third-order valence-corrected chi connectivity index (χ3v) is 3.64. The van der Waals surface area contributed by atoms with Crippen molar-refractivity contribution < 1.29 is 19.4 Å². The summed E-state index contributed by atoms with van der Waals surface area (Å²) in [6.07, 6.45) is 1.86. The maximum absolute atomic E-state index is 12.3. The molecule has 0 radical (unpaired) electrons. The molecule has 2 heterocycles. The molecule has 1 aromatic rings. The van der Waals surface area contributed by atoms with Crippen molar-refractivity contribution in [3.8, 4) is 0 Å². The van der Waals surface area contributed by atoms with Crippen LogP contribution in [0.1, 0.15) is 17.7 Å². The van der Waals surface area contributed by atoms with E-state index in [1.165, 1.54) is 12.0 Å². The third-order valence-electron chi connectivity index (χ3n) is 3.64. The molecule has 0 bridgehead atoms. The number of carboxylic acids is 1. The van der Waals surface area contributed by atoms with Crippen LogP contribution in [0.4, 0.5) is 0 Å². The molecule has 2 unspecified atom stereocenters. The third kappa shape index (κ3) is 2.96. The van der Waals surface area contributed by atoms with Gasteiger partial charge in [-0.1, -0.05) is 6.07 Å². The van der Waals surface area contributed by atoms with Gasteiger partial charge in [-0.2, -0.15) is 0 Å². The van der Waals surface area contributed by atoms with Gasteiger partial charge in [0.2, 0.25) is 5.91 Å². The number of methoxy groups -OCH3 is 1. The molecular weight excluding hydrogens is 260 g/mol. The maximum atomic E-state index is 12.3. The normalized spacial score (nSPS) is 22.0. The number of hydrogen-bond donors (Lipinski definition) is 1. The van der Waals surface area contributed by atoms with Gasteiger partial charge in [0, 0.05) is 26.3 Å². The smallest absolute Gasteiger partial charge is 0.326 e. The zero-order valence-electron chi connectivity index (χ0n) is 11.6. The number of carbonyl (C=O) groups is 2. The molecular formula is C14H18N2O4. The largest absolute Gasteiger partial charge is 0.480 e. The van der Waals surface area contributed by atoms with Crippen LogP contribution in [0.15, 0.2) is 18.3 Å². The standard InChI is InChI=1S/C14H18N2O4/c1-9-4-3-5-15-11(9)7-13(17)16-8-10(20-2)6-12(16)14(18)19/h3-5,10,12H,6-8H2,1-2H3,(H,18,19). The van der Waals surface area contributed by atoms with Gasteiger partial charge in [-0.15, -0.1) is 0 Å². The molecule has 1 amide bonds. The van der Waals surface area contributed by atoms with E-state index in [0.29, 0.717) is 18.7 Å². The quantitative estimate of drug-likeness (QED) is 0.874. The molecule has 2 atom stereocenters. The number of aliphatic carboxylic acids is 1. The van der Waals surface area contributed by atoms with Crippen molar-refractivity contribution in [2.45, 2.75) is 31.9 Å². The van der Waals surface area contributed by atoms with Crippen LogP contribution in [0.25, 0.3) is 0 Å². The van der Waals surface area contributed by atoms with Crippen LogP contribution >= 0.6 is 0 Å². The van der Waals surface area contributed by atoms with Crippen molar-refractivity contribution in [3.05, 3.63) is 29.6 Å². The summed E-state index contributed by atoms with van der Waals surface area (Å²) < 4.78 is 5.17. The van der Waals surface area contributed by atoms with Crippen LogP contribution < -0.4 is 0 Å². The molecule has 108 valence electrons. The van der Waals surface area contributed by atoms with Crippen molar-refractivity contribution in [1.29, 1.82) is 0 Å². The number of aryl methyl sites for hydroxylation is 1. The summed E-state index contributed by atoms with van der Waals surface area (Å²) in [6.45, 7) is 2.20. The van der Waals surface area contributed by atoms with Crippen molar-refractivity contribution in [2.75, 3.05) is 13.7 Å². The van der Waals surface area contributed by atoms with Gasteiger partial charge < -0.3 is 14.7 Å². The van der Waals surface area contributed by atoms with Crippen molar-refractivity contribution in [2.24, 2.45) is 0 Å². The maximum Gasteiger partial charge on any atom is 0.326 e. The second-order valence-corrected chi connectivity index (χ2v) is 4.94. The van der Waals surface area contributed by atoms with E-state index in [0.717, 1.165) is 5.56 Å². The topological polar surface area (TPSA) is 79.7 Å². The lowest BCUT2D eigenvalue weighted by Gasteiger charge is -2.21. The van der Waals surface area contributed by atoms with Gasteiger partial charge >= 0.3 is 5.97 Å². The van der Waals surface area contributed by atoms with Gasteiger partial charge in [0.15, 0.2) is 0 Å². The number of aromatic nitrogens is 1. The number of likely N-dealkylation sites (tertiary alicyclic amines) is 1. The van der Waals surface area contributed by atoms with E-state index in [-0.39, 0.29) is 18.4 Å². The Balaban J connectivity index is 2.11. The number of carboxylic acid groups (broad SMARTS) is 1. The van der Waals surface area contributed by atoms with E-state index in [1.807, 2.05) is 13.0 Å². The van der Waals surface area contributed by atoms with Crippen molar-refractivity contribution in [3.63, 3.8) is 0 Å². The summed E-state index contributed by atoms with van der Waals surface area (Å²) >= 11 is 0. The molecule has 0 saturated carbocycles. The Labute approximate surface area is 117 Å². The molecule has 1 aliphatic heterocycles. The molecule has 1 fully saturated rings. The van der Waals surface area contributed by atoms with E-state index in [9.17, 15) is 14.7 Å². The first-order chi connectivity index (χ1) is 9.52. The Morgan fingerprint density at radius 3 is 2.90 bits per heavy atom. The minimum Gasteiger partial charge on any atom is -0.480 e. The molecule has 1 aromatic heterocycles. The molecule has 0 aromatic carbocycles. The summed E-state index contributed by atoms with van der Waals surface area (Å²) in [4.78, 5) is 29.1. The fourth-order valence-corrected chi connectivity index (χ4v) is 2.43. The molecule has 0 aliphatic carbocycles. The van der Waals surface area contributed by atoms with Crippen LogP contribution in [0.2, 0.25) is 0 Å². The summed E-state index contributed by atoms with van der Waals surface area (Å²) in [5.41, 5.74) is 1.61. The van der Waals surface area contributed by atoms with Crippen LogP contribution in [0.5, 0.6) is 0 Å². The summed E-state index contributed by atoms with van der Waals surface area (Å²) in [7, 11) is 1.53. The highest BCUT2D eigenvalue weighted by Crippen LogP contribution is 2.21. The number of pyridine rings is 1. The van der Waals surface area contributed by atoms with Gasteiger partial charge in [-0.25, -0.2) is 4.79 Å². The monoisotopic (exact) mass is 278 g/mol. The fraction of sp³-hybridized carbons (Fsp3) is 0.500. The first-order valence-electron chi connectivity index (χ1n) is 6.48. The second kappa shape index (κ2) is 6.00. The van der Waals surface area contributed by atoms with Crippen molar-refractivity contribution in [1.82, 2.24) is 9.88 Å². The number of hydrogen-bond acceptors (Lipinski definition) is 4. The number of nitrogens with zero attached hydrogens (tertiary/aromatic N) is 2. The Morgan fingerprint density at radius 2 is 2.30 bits per heavy atom. The predicted molar refractivity (Wildman–Crippen MR) is 71.2 cm³/mol. The summed E-state index contributed by atoms with van der Waals surface area (Å²) in [6, 6.07) is 2.88. The number of ether oxygens (including phenoxy) is 1. The lowest BCUT2D eigenvalue weighted by Crippen LogP contribution is -2.41. The average Bonchev–Trinajstić information content (AvgIpc) is 2.86. The molecule has 6 heteroatoms. The lowest BCUT2D eigenvalue weighted by molar-refractivity contribution is -0.148. The zero-order chi connectivity index (χ0) is 14.7. The highest BCUT2D eigenvalue weighted by atomic mass is 16.5. The van der Waals surface area contributed by atoms with E-state index < -0.39 is 12.0 Å². The highest BCUT2D eigenvalue weighted by Gasteiger charge is 2.39. The summed E-state index contributed by atoms with van der Waals surface area (Å²) in [5, 5.41) is 9.20. The van der Waals surface area contributed by atoms with Gasteiger partial charge in [-0.3, -0.25) is 9.78 Å². The molecule has 6 nitrogen and oxygen atoms in total. The SMILES string of the molecule is COC1CC(C(=O)O)N(C(=O)Cc2ncccc2C)C1. The van der Waals surface area contributed by atoms with E-state index in [1.54, 1.807) is 12.3 Å². The highest BCUT2D eigenvalue weighted by molar-refractivity contribution is 5.85. The first kappa shape index (κ1) is 14.5. The predicted octanol–water partition coefficient (Wildman–Crippen LogP) is 0.633.